The second-order valence-electron chi connectivity index (χ2n) is 2.48. The number of nitriles is 1. The van der Waals surface area contributed by atoms with E-state index in [2.05, 4.69) is 11.5 Å². The summed E-state index contributed by atoms with van der Waals surface area (Å²) >= 11 is 1.37. The lowest BCUT2D eigenvalue weighted by atomic mass is 10.1. The summed E-state index contributed by atoms with van der Waals surface area (Å²) in [5.41, 5.74) is 0. The Morgan fingerprint density at radius 1 is 1.82 bits per heavy atom. The summed E-state index contributed by atoms with van der Waals surface area (Å²) in [5, 5.41) is 11.0. The van der Waals surface area contributed by atoms with Gasteiger partial charge in [-0.15, -0.1) is 0 Å². The van der Waals surface area contributed by atoms with Crippen molar-refractivity contribution >= 4 is 11.8 Å². The fraction of sp³-hybridized carbons (Fsp3) is 0.625. The van der Waals surface area contributed by atoms with E-state index >= 15 is 0 Å². The van der Waals surface area contributed by atoms with Gasteiger partial charge in [-0.25, -0.2) is 0 Å². The molecule has 3 heteroatoms. The number of thiocyanates is 1. The highest BCUT2D eigenvalue weighted by Crippen LogP contribution is 2.26. The number of hydrogen-bond acceptors (Lipinski definition) is 3. The van der Waals surface area contributed by atoms with E-state index < -0.39 is 0 Å². The van der Waals surface area contributed by atoms with Crippen molar-refractivity contribution in [3.05, 3.63) is 11.8 Å². The molecule has 0 heterocycles. The van der Waals surface area contributed by atoms with E-state index in [4.69, 9.17) is 10.00 Å². The van der Waals surface area contributed by atoms with E-state index in [1.165, 1.54) is 11.8 Å². The Kier molecular flexibility index (Phi) is 3.31. The molecule has 1 rings (SSSR count). The standard InChI is InChI=1S/C8H11NOS/c1-10-7-2-4-8(5-3-7)11-6-9/h2,8H,3-5H2,1H3. The molecular weight excluding hydrogens is 158 g/mol. The third-order valence-corrected chi connectivity index (χ3v) is 2.67. The maximum Gasteiger partial charge on any atom is 0.133 e. The molecule has 0 aliphatic heterocycles. The van der Waals surface area contributed by atoms with Gasteiger partial charge >= 0.3 is 0 Å². The number of hydrogen-bond donors (Lipinski definition) is 0. The summed E-state index contributed by atoms with van der Waals surface area (Å²) < 4.78 is 5.09. The van der Waals surface area contributed by atoms with Crippen LogP contribution in [-0.4, -0.2) is 12.4 Å². The SMILES string of the molecule is COC1=CCC(SC#N)CC1. The first-order valence-electron chi connectivity index (χ1n) is 3.64. The molecule has 1 aliphatic rings. The molecule has 0 radical (unpaired) electrons. The zero-order valence-corrected chi connectivity index (χ0v) is 7.36. The summed E-state index contributed by atoms with van der Waals surface area (Å²) in [6.45, 7) is 0. The molecule has 0 spiro atoms. The maximum absolute atomic E-state index is 8.40. The fourth-order valence-electron chi connectivity index (χ4n) is 1.15. The molecule has 11 heavy (non-hydrogen) atoms. The second kappa shape index (κ2) is 4.30. The molecular formula is C8H11NOS. The summed E-state index contributed by atoms with van der Waals surface area (Å²) in [5.74, 6) is 1.07. The molecule has 0 fully saturated rings. The molecule has 0 aromatic carbocycles. The van der Waals surface area contributed by atoms with Crippen molar-refractivity contribution in [1.82, 2.24) is 0 Å². The van der Waals surface area contributed by atoms with Gasteiger partial charge < -0.3 is 4.74 Å². The van der Waals surface area contributed by atoms with Gasteiger partial charge in [0.15, 0.2) is 0 Å². The Hall–Kier alpha value is -0.620. The summed E-state index contributed by atoms with van der Waals surface area (Å²) in [7, 11) is 1.70. The number of allylic oxidation sites excluding steroid dienone is 2. The fourth-order valence-corrected chi connectivity index (χ4v) is 1.73. The van der Waals surface area contributed by atoms with Crippen molar-refractivity contribution in [2.24, 2.45) is 0 Å². The van der Waals surface area contributed by atoms with Crippen molar-refractivity contribution in [2.45, 2.75) is 24.5 Å². The van der Waals surface area contributed by atoms with Crippen molar-refractivity contribution < 1.29 is 4.74 Å². The molecule has 1 unspecified atom stereocenters. The number of ether oxygens (including phenoxy) is 1. The zero-order valence-electron chi connectivity index (χ0n) is 6.54. The van der Waals surface area contributed by atoms with Crippen molar-refractivity contribution in [3.8, 4) is 5.40 Å². The highest BCUT2D eigenvalue weighted by molar-refractivity contribution is 8.04. The summed E-state index contributed by atoms with van der Waals surface area (Å²) in [6.07, 6.45) is 5.10. The second-order valence-corrected chi connectivity index (χ2v) is 3.57. The Morgan fingerprint density at radius 3 is 3.09 bits per heavy atom. The lowest BCUT2D eigenvalue weighted by Gasteiger charge is -2.17. The van der Waals surface area contributed by atoms with Crippen LogP contribution in [-0.2, 0) is 4.74 Å². The first kappa shape index (κ1) is 8.48. The molecule has 0 aromatic rings. The highest BCUT2D eigenvalue weighted by Gasteiger charge is 2.14. The number of rotatable bonds is 2. The number of thioether (sulfide) groups is 1. The third kappa shape index (κ3) is 2.47. The maximum atomic E-state index is 8.40. The Balaban J connectivity index is 2.36. The number of nitrogens with zero attached hydrogens (tertiary/aromatic N) is 1. The monoisotopic (exact) mass is 169 g/mol. The predicted molar refractivity (Wildman–Crippen MR) is 45.9 cm³/mol. The van der Waals surface area contributed by atoms with Crippen LogP contribution in [0, 0.1) is 10.7 Å². The van der Waals surface area contributed by atoms with Gasteiger partial charge in [-0.1, -0.05) is 0 Å². The van der Waals surface area contributed by atoms with Gasteiger partial charge in [0, 0.05) is 11.7 Å². The molecule has 60 valence electrons. The Bertz CT molecular complexity index is 195. The van der Waals surface area contributed by atoms with Gasteiger partial charge in [0.1, 0.15) is 5.40 Å². The molecule has 0 saturated carbocycles. The van der Waals surface area contributed by atoms with Crippen LogP contribution in [0.3, 0.4) is 0 Å². The van der Waals surface area contributed by atoms with Crippen LogP contribution in [0.2, 0.25) is 0 Å². The van der Waals surface area contributed by atoms with E-state index in [0.29, 0.717) is 5.25 Å². The average Bonchev–Trinajstić information content (AvgIpc) is 2.07. The molecule has 0 aromatic heterocycles. The molecule has 0 saturated heterocycles. The summed E-state index contributed by atoms with van der Waals surface area (Å²) in [6, 6.07) is 0. The summed E-state index contributed by atoms with van der Waals surface area (Å²) in [4.78, 5) is 0. The Labute approximate surface area is 71.2 Å². The van der Waals surface area contributed by atoms with Gasteiger partial charge in [-0.3, -0.25) is 0 Å². The quantitative estimate of drug-likeness (QED) is 0.594. The van der Waals surface area contributed by atoms with Crippen LogP contribution >= 0.6 is 11.8 Å². The Morgan fingerprint density at radius 2 is 2.64 bits per heavy atom. The van der Waals surface area contributed by atoms with Gasteiger partial charge in [-0.2, -0.15) is 5.26 Å². The van der Waals surface area contributed by atoms with E-state index in [-0.39, 0.29) is 0 Å². The smallest absolute Gasteiger partial charge is 0.133 e. The largest absolute Gasteiger partial charge is 0.501 e. The minimum absolute atomic E-state index is 0.485. The molecule has 0 amide bonds. The highest BCUT2D eigenvalue weighted by atomic mass is 32.2. The lowest BCUT2D eigenvalue weighted by molar-refractivity contribution is 0.267. The van der Waals surface area contributed by atoms with Crippen LogP contribution in [0.25, 0.3) is 0 Å². The molecule has 0 bridgehead atoms. The van der Waals surface area contributed by atoms with E-state index in [9.17, 15) is 0 Å². The third-order valence-electron chi connectivity index (χ3n) is 1.80. The lowest BCUT2D eigenvalue weighted by Crippen LogP contribution is -2.07. The molecule has 2 nitrogen and oxygen atoms in total. The predicted octanol–water partition coefficient (Wildman–Crippen LogP) is 2.28. The van der Waals surface area contributed by atoms with Crippen LogP contribution in [0.15, 0.2) is 11.8 Å². The minimum Gasteiger partial charge on any atom is -0.501 e. The van der Waals surface area contributed by atoms with Crippen LogP contribution < -0.4 is 0 Å². The normalized spacial score (nSPS) is 23.6. The minimum atomic E-state index is 0.485. The van der Waals surface area contributed by atoms with Crippen molar-refractivity contribution in [2.75, 3.05) is 7.11 Å². The number of methoxy groups -OCH3 is 1. The van der Waals surface area contributed by atoms with Crippen LogP contribution in [0.4, 0.5) is 0 Å². The van der Waals surface area contributed by atoms with E-state index in [1.54, 1.807) is 7.11 Å². The molecule has 1 aliphatic carbocycles. The molecule has 0 N–H and O–H groups in total. The van der Waals surface area contributed by atoms with Crippen molar-refractivity contribution in [3.63, 3.8) is 0 Å². The van der Waals surface area contributed by atoms with Gasteiger partial charge in [0.25, 0.3) is 0 Å². The zero-order chi connectivity index (χ0) is 8.10. The average molecular weight is 169 g/mol. The van der Waals surface area contributed by atoms with E-state index in [1.807, 2.05) is 0 Å². The van der Waals surface area contributed by atoms with Gasteiger partial charge in [0.05, 0.1) is 12.9 Å². The van der Waals surface area contributed by atoms with E-state index in [0.717, 1.165) is 25.0 Å². The first-order valence-corrected chi connectivity index (χ1v) is 4.52. The first-order chi connectivity index (χ1) is 5.36. The van der Waals surface area contributed by atoms with Crippen LogP contribution in [0.5, 0.6) is 0 Å². The topological polar surface area (TPSA) is 33.0 Å². The van der Waals surface area contributed by atoms with Crippen molar-refractivity contribution in [1.29, 1.82) is 5.26 Å². The van der Waals surface area contributed by atoms with Gasteiger partial charge in [-0.05, 0) is 30.7 Å². The molecule has 1 atom stereocenters. The van der Waals surface area contributed by atoms with Crippen LogP contribution in [0.1, 0.15) is 19.3 Å². The van der Waals surface area contributed by atoms with Gasteiger partial charge in [0.2, 0.25) is 0 Å².